The molecule has 0 atom stereocenters. The molecule has 1 aromatic heterocycles. The second-order valence-corrected chi connectivity index (χ2v) is 5.32. The Balaban J connectivity index is 1.79. The van der Waals surface area contributed by atoms with Crippen molar-refractivity contribution in [2.24, 2.45) is 0 Å². The Labute approximate surface area is 123 Å². The molecule has 0 aliphatic heterocycles. The molecular weight excluding hydrogens is 301 g/mol. The molecule has 0 fully saturated rings. The van der Waals surface area contributed by atoms with Crippen LogP contribution in [-0.2, 0) is 12.6 Å². The molecule has 0 aliphatic rings. The zero-order valence-corrected chi connectivity index (χ0v) is 11.7. The zero-order valence-electron chi connectivity index (χ0n) is 10.9. The number of carbonyl (C=O) groups excluding carboxylic acids is 1. The van der Waals surface area contributed by atoms with Gasteiger partial charge in [-0.2, -0.15) is 13.2 Å². The van der Waals surface area contributed by atoms with E-state index in [1.54, 1.807) is 11.3 Å². The summed E-state index contributed by atoms with van der Waals surface area (Å²) in [5.74, 6) is 0. The fraction of sp³-hybridized carbons (Fsp3) is 0.214. The molecule has 0 spiro atoms. The molecule has 0 unspecified atom stereocenters. The van der Waals surface area contributed by atoms with E-state index in [2.05, 4.69) is 10.6 Å². The van der Waals surface area contributed by atoms with Crippen molar-refractivity contribution in [2.75, 3.05) is 11.9 Å². The molecule has 7 heteroatoms. The van der Waals surface area contributed by atoms with Gasteiger partial charge in [-0.05, 0) is 42.1 Å². The van der Waals surface area contributed by atoms with E-state index in [4.69, 9.17) is 0 Å². The van der Waals surface area contributed by atoms with Gasteiger partial charge in [0, 0.05) is 17.1 Å². The minimum atomic E-state index is -4.37. The fourth-order valence-electron chi connectivity index (χ4n) is 1.67. The van der Waals surface area contributed by atoms with E-state index in [-0.39, 0.29) is 0 Å². The molecule has 0 saturated carbocycles. The molecule has 0 saturated heterocycles. The number of alkyl halides is 3. The van der Waals surface area contributed by atoms with E-state index in [9.17, 15) is 18.0 Å². The molecule has 1 heterocycles. The lowest BCUT2D eigenvalue weighted by Gasteiger charge is -2.09. The largest absolute Gasteiger partial charge is 0.416 e. The van der Waals surface area contributed by atoms with E-state index >= 15 is 0 Å². The summed E-state index contributed by atoms with van der Waals surface area (Å²) in [6.07, 6.45) is -3.65. The average molecular weight is 314 g/mol. The normalized spacial score (nSPS) is 11.2. The van der Waals surface area contributed by atoms with Gasteiger partial charge in [-0.1, -0.05) is 6.07 Å². The lowest BCUT2D eigenvalue weighted by molar-refractivity contribution is -0.137. The molecule has 0 aliphatic carbocycles. The summed E-state index contributed by atoms with van der Waals surface area (Å²) in [6.45, 7) is 0.465. The summed E-state index contributed by atoms with van der Waals surface area (Å²) in [6, 6.07) is 7.78. The van der Waals surface area contributed by atoms with Crippen LogP contribution >= 0.6 is 11.3 Å². The first-order valence-corrected chi connectivity index (χ1v) is 7.07. The van der Waals surface area contributed by atoms with Crippen LogP contribution in [0.2, 0.25) is 0 Å². The number of thiophene rings is 1. The minimum Gasteiger partial charge on any atom is -0.338 e. The topological polar surface area (TPSA) is 41.1 Å². The highest BCUT2D eigenvalue weighted by Crippen LogP contribution is 2.29. The molecule has 2 amide bonds. The first-order valence-electron chi connectivity index (χ1n) is 6.19. The second kappa shape index (κ2) is 6.62. The highest BCUT2D eigenvalue weighted by atomic mass is 32.1. The molecule has 2 aromatic rings. The van der Waals surface area contributed by atoms with Crippen LogP contribution in [-0.4, -0.2) is 12.6 Å². The second-order valence-electron chi connectivity index (χ2n) is 4.29. The Hall–Kier alpha value is -2.02. The van der Waals surface area contributed by atoms with Gasteiger partial charge in [-0.25, -0.2) is 4.79 Å². The van der Waals surface area contributed by atoms with Crippen molar-refractivity contribution in [3.8, 4) is 0 Å². The summed E-state index contributed by atoms with van der Waals surface area (Å²) in [4.78, 5) is 12.7. The highest BCUT2D eigenvalue weighted by molar-refractivity contribution is 7.09. The Morgan fingerprint density at radius 1 is 1.14 bits per heavy atom. The van der Waals surface area contributed by atoms with Crippen LogP contribution in [0.3, 0.4) is 0 Å². The van der Waals surface area contributed by atoms with Gasteiger partial charge in [0.25, 0.3) is 0 Å². The number of hydrogen-bond acceptors (Lipinski definition) is 2. The van der Waals surface area contributed by atoms with Crippen LogP contribution in [0.15, 0.2) is 41.8 Å². The zero-order chi connectivity index (χ0) is 15.3. The number of carbonyl (C=O) groups is 1. The van der Waals surface area contributed by atoms with Crippen molar-refractivity contribution < 1.29 is 18.0 Å². The number of anilines is 1. The Kier molecular flexibility index (Phi) is 4.85. The van der Waals surface area contributed by atoms with E-state index in [0.717, 1.165) is 23.4 Å². The van der Waals surface area contributed by atoms with Gasteiger partial charge in [-0.3, -0.25) is 0 Å². The number of urea groups is 1. The van der Waals surface area contributed by atoms with E-state index in [0.29, 0.717) is 12.2 Å². The Bertz CT molecular complexity index is 579. The SMILES string of the molecule is O=C(NCCc1cccs1)Nc1ccc(C(F)(F)F)cc1. The fourth-order valence-corrected chi connectivity index (χ4v) is 2.38. The third kappa shape index (κ3) is 4.78. The predicted octanol–water partition coefficient (Wildman–Crippen LogP) is 4.13. The van der Waals surface area contributed by atoms with Crippen LogP contribution in [0.4, 0.5) is 23.7 Å². The molecule has 2 rings (SSSR count). The van der Waals surface area contributed by atoms with Crippen LogP contribution in [0.5, 0.6) is 0 Å². The maximum atomic E-state index is 12.4. The lowest BCUT2D eigenvalue weighted by atomic mass is 10.2. The van der Waals surface area contributed by atoms with Crippen molar-refractivity contribution in [3.05, 3.63) is 52.2 Å². The quantitative estimate of drug-likeness (QED) is 0.875. The van der Waals surface area contributed by atoms with E-state index < -0.39 is 17.8 Å². The van der Waals surface area contributed by atoms with E-state index in [1.807, 2.05) is 17.5 Å². The Morgan fingerprint density at radius 3 is 2.43 bits per heavy atom. The lowest BCUT2D eigenvalue weighted by Crippen LogP contribution is -2.30. The molecule has 1 aromatic carbocycles. The number of halogens is 3. The molecule has 2 N–H and O–H groups in total. The van der Waals surface area contributed by atoms with Crippen molar-refractivity contribution >= 4 is 23.1 Å². The summed E-state index contributed by atoms with van der Waals surface area (Å²) in [7, 11) is 0. The van der Waals surface area contributed by atoms with Gasteiger partial charge in [-0.15, -0.1) is 11.3 Å². The molecule has 21 heavy (non-hydrogen) atoms. The summed E-state index contributed by atoms with van der Waals surface area (Å²) in [5.41, 5.74) is -0.428. The predicted molar refractivity (Wildman–Crippen MR) is 76.5 cm³/mol. The monoisotopic (exact) mass is 314 g/mol. The number of rotatable bonds is 4. The standard InChI is InChI=1S/C14H13F3N2OS/c15-14(16,17)10-3-5-11(6-4-10)19-13(20)18-8-7-12-2-1-9-21-12/h1-6,9H,7-8H2,(H2,18,19,20). The molecular formula is C14H13F3N2OS. The van der Waals surface area contributed by atoms with Crippen molar-refractivity contribution in [1.29, 1.82) is 0 Å². The van der Waals surface area contributed by atoms with Gasteiger partial charge in [0.2, 0.25) is 0 Å². The van der Waals surface area contributed by atoms with Crippen molar-refractivity contribution in [3.63, 3.8) is 0 Å². The smallest absolute Gasteiger partial charge is 0.338 e. The minimum absolute atomic E-state index is 0.316. The van der Waals surface area contributed by atoms with Gasteiger partial charge >= 0.3 is 12.2 Å². The van der Waals surface area contributed by atoms with Gasteiger partial charge < -0.3 is 10.6 Å². The first-order chi connectivity index (χ1) is 9.95. The average Bonchev–Trinajstić information content (AvgIpc) is 2.91. The van der Waals surface area contributed by atoms with E-state index in [1.165, 1.54) is 12.1 Å². The van der Waals surface area contributed by atoms with Crippen molar-refractivity contribution in [1.82, 2.24) is 5.32 Å². The summed E-state index contributed by atoms with van der Waals surface area (Å²) in [5, 5.41) is 7.09. The number of hydrogen-bond donors (Lipinski definition) is 2. The summed E-state index contributed by atoms with van der Waals surface area (Å²) >= 11 is 1.60. The van der Waals surface area contributed by atoms with Gasteiger partial charge in [0.1, 0.15) is 0 Å². The molecule has 112 valence electrons. The molecule has 3 nitrogen and oxygen atoms in total. The third-order valence-electron chi connectivity index (χ3n) is 2.71. The first kappa shape index (κ1) is 15.4. The molecule has 0 bridgehead atoms. The number of nitrogens with one attached hydrogen (secondary N) is 2. The number of amides is 2. The van der Waals surface area contributed by atoms with Gasteiger partial charge in [0.15, 0.2) is 0 Å². The maximum Gasteiger partial charge on any atom is 0.416 e. The Morgan fingerprint density at radius 2 is 1.86 bits per heavy atom. The van der Waals surface area contributed by atoms with Crippen LogP contribution < -0.4 is 10.6 Å². The van der Waals surface area contributed by atoms with Crippen molar-refractivity contribution in [2.45, 2.75) is 12.6 Å². The molecule has 0 radical (unpaired) electrons. The van der Waals surface area contributed by atoms with Crippen LogP contribution in [0.25, 0.3) is 0 Å². The highest BCUT2D eigenvalue weighted by Gasteiger charge is 2.29. The summed E-state index contributed by atoms with van der Waals surface area (Å²) < 4.78 is 37.2. The maximum absolute atomic E-state index is 12.4. The van der Waals surface area contributed by atoms with Gasteiger partial charge in [0.05, 0.1) is 5.56 Å². The van der Waals surface area contributed by atoms with Crippen LogP contribution in [0, 0.1) is 0 Å². The third-order valence-corrected chi connectivity index (χ3v) is 3.64. The van der Waals surface area contributed by atoms with Crippen LogP contribution in [0.1, 0.15) is 10.4 Å². The number of benzene rings is 1.